The molecule has 8 rings (SSSR count). The highest BCUT2D eigenvalue weighted by Crippen LogP contribution is 2.12. The van der Waals surface area contributed by atoms with Crippen LogP contribution in [0.2, 0.25) is 0 Å². The fourth-order valence-electron chi connectivity index (χ4n) is 6.99. The van der Waals surface area contributed by atoms with Crippen LogP contribution in [0.15, 0.2) is 178 Å². The molecule has 4 aromatic carbocycles. The number of benzene rings is 4. The third-order valence-corrected chi connectivity index (χ3v) is 9.89. The van der Waals surface area contributed by atoms with Gasteiger partial charge in [-0.1, -0.05) is 103 Å². The largest absolute Gasteiger partial charge is 0.244 e. The smallest absolute Gasteiger partial charge is 0.237 e. The Kier molecular flexibility index (Phi) is 10.2. The maximum absolute atomic E-state index is 2.27. The van der Waals surface area contributed by atoms with Gasteiger partial charge in [0.25, 0.3) is 0 Å². The van der Waals surface area contributed by atoms with E-state index in [0.29, 0.717) is 0 Å². The van der Waals surface area contributed by atoms with Crippen molar-refractivity contribution in [2.45, 2.75) is 59.3 Å². The predicted molar refractivity (Wildman–Crippen MR) is 204 cm³/mol. The molecule has 8 nitrogen and oxygen atoms in total. The van der Waals surface area contributed by atoms with Crippen LogP contribution in [0.4, 0.5) is 0 Å². The van der Waals surface area contributed by atoms with Crippen LogP contribution in [-0.2, 0) is 52.4 Å². The lowest BCUT2D eigenvalue weighted by atomic mass is 10.1. The molecule has 0 spiro atoms. The minimum Gasteiger partial charge on any atom is -0.237 e. The molecular weight excluding hydrogens is 653 g/mol. The summed E-state index contributed by atoms with van der Waals surface area (Å²) in [5, 5.41) is 0. The number of aryl methyl sites for hydroxylation is 1. The zero-order valence-corrected chi connectivity index (χ0v) is 30.5. The van der Waals surface area contributed by atoms with Crippen LogP contribution in [-0.4, -0.2) is 18.3 Å². The Morgan fingerprint density at radius 2 is 0.736 bits per heavy atom. The van der Waals surface area contributed by atoms with Crippen molar-refractivity contribution in [2.75, 3.05) is 0 Å². The molecule has 53 heavy (non-hydrogen) atoms. The molecule has 8 heteroatoms. The molecule has 0 aliphatic heterocycles. The number of aromatic nitrogens is 8. The number of imidazole rings is 4. The van der Waals surface area contributed by atoms with Gasteiger partial charge in [0.15, 0.2) is 0 Å². The van der Waals surface area contributed by atoms with Gasteiger partial charge in [-0.15, -0.1) is 0 Å². The van der Waals surface area contributed by atoms with Crippen LogP contribution < -0.4 is 18.3 Å². The Morgan fingerprint density at radius 3 is 1.23 bits per heavy atom. The predicted octanol–water partition coefficient (Wildman–Crippen LogP) is 5.40. The summed E-state index contributed by atoms with van der Waals surface area (Å²) in [5.41, 5.74) is 9.19. The molecule has 264 valence electrons. The topological polar surface area (TPSA) is 35.2 Å². The maximum Gasteiger partial charge on any atom is 0.244 e. The van der Waals surface area contributed by atoms with Gasteiger partial charge in [0.05, 0.1) is 6.54 Å². The molecule has 0 aliphatic carbocycles. The first kappa shape index (κ1) is 33.8. The Labute approximate surface area is 312 Å². The second-order valence-electron chi connectivity index (χ2n) is 14.1. The minimum absolute atomic E-state index is 0.845. The summed E-state index contributed by atoms with van der Waals surface area (Å²) in [7, 11) is 0. The molecule has 8 aromatic rings. The van der Waals surface area contributed by atoms with Gasteiger partial charge in [-0.25, -0.2) is 36.5 Å². The standard InChI is InChI=1S/C45H48N8/c1-2-46-20-21-52(35-46)33-44-10-6-7-11-45(44)34-53-27-26-51(38-53)32-43-18-16-42(17-19-43)31-50-25-24-49(37-50)30-41-14-12-40(13-15-41)29-48-23-22-47(36-48)28-39-8-4-3-5-9-39/h3-27,35-38H,2,28-34H2,1H3/q+4. The van der Waals surface area contributed by atoms with E-state index >= 15 is 0 Å². The van der Waals surface area contributed by atoms with Crippen LogP contribution in [0.1, 0.15) is 45.9 Å². The lowest BCUT2D eigenvalue weighted by Crippen LogP contribution is -2.33. The van der Waals surface area contributed by atoms with E-state index in [2.05, 4.69) is 221 Å². The summed E-state index contributed by atoms with van der Waals surface area (Å²) in [6.07, 6.45) is 26.0. The zero-order valence-electron chi connectivity index (χ0n) is 30.5. The molecule has 0 fully saturated rings. The molecule has 0 amide bonds. The van der Waals surface area contributed by atoms with Crippen LogP contribution in [0.5, 0.6) is 0 Å². The van der Waals surface area contributed by atoms with E-state index < -0.39 is 0 Å². The number of hydrogen-bond acceptors (Lipinski definition) is 0. The summed E-state index contributed by atoms with van der Waals surface area (Å²) < 4.78 is 18.0. The molecule has 0 unspecified atom stereocenters. The van der Waals surface area contributed by atoms with E-state index in [9.17, 15) is 0 Å². The van der Waals surface area contributed by atoms with E-state index in [1.54, 1.807) is 0 Å². The lowest BCUT2D eigenvalue weighted by molar-refractivity contribution is -0.688. The van der Waals surface area contributed by atoms with E-state index in [0.717, 1.165) is 52.4 Å². The quantitative estimate of drug-likeness (QED) is 0.129. The van der Waals surface area contributed by atoms with E-state index in [4.69, 9.17) is 0 Å². The molecular formula is C45H48N8+4. The van der Waals surface area contributed by atoms with Crippen molar-refractivity contribution in [2.24, 2.45) is 0 Å². The lowest BCUT2D eigenvalue weighted by Gasteiger charge is -2.06. The summed E-state index contributed by atoms with van der Waals surface area (Å²) in [6, 6.07) is 37.3. The van der Waals surface area contributed by atoms with Gasteiger partial charge in [-0.2, -0.15) is 0 Å². The third-order valence-electron chi connectivity index (χ3n) is 9.89. The van der Waals surface area contributed by atoms with Gasteiger partial charge in [0.2, 0.25) is 25.3 Å². The first-order valence-corrected chi connectivity index (χ1v) is 18.6. The third kappa shape index (κ3) is 8.97. The first-order valence-electron chi connectivity index (χ1n) is 18.6. The molecule has 4 aromatic heterocycles. The Balaban J connectivity index is 0.813. The van der Waals surface area contributed by atoms with Crippen LogP contribution in [0.3, 0.4) is 0 Å². The van der Waals surface area contributed by atoms with Crippen molar-refractivity contribution in [3.8, 4) is 0 Å². The Morgan fingerprint density at radius 1 is 0.358 bits per heavy atom. The molecule has 0 radical (unpaired) electrons. The van der Waals surface area contributed by atoms with Crippen LogP contribution >= 0.6 is 0 Å². The summed E-state index contributed by atoms with van der Waals surface area (Å²) in [4.78, 5) is 0. The molecule has 0 N–H and O–H groups in total. The van der Waals surface area contributed by atoms with E-state index in [-0.39, 0.29) is 0 Å². The molecule has 4 heterocycles. The number of nitrogens with zero attached hydrogens (tertiary/aromatic N) is 8. The van der Waals surface area contributed by atoms with E-state index in [1.165, 1.54) is 38.9 Å². The zero-order chi connectivity index (χ0) is 35.8. The number of hydrogen-bond donors (Lipinski definition) is 0. The van der Waals surface area contributed by atoms with Crippen molar-refractivity contribution >= 4 is 0 Å². The normalized spacial score (nSPS) is 11.3. The summed E-state index contributed by atoms with van der Waals surface area (Å²) >= 11 is 0. The molecule has 0 aliphatic rings. The van der Waals surface area contributed by atoms with Crippen molar-refractivity contribution in [3.63, 3.8) is 0 Å². The fraction of sp³-hybridized carbons (Fsp3) is 0.200. The van der Waals surface area contributed by atoms with Gasteiger partial charge in [0.1, 0.15) is 95.4 Å². The highest BCUT2D eigenvalue weighted by atomic mass is 15.1. The van der Waals surface area contributed by atoms with Crippen molar-refractivity contribution in [1.29, 1.82) is 0 Å². The fourth-order valence-corrected chi connectivity index (χ4v) is 6.99. The summed E-state index contributed by atoms with van der Waals surface area (Å²) in [5.74, 6) is 0. The maximum atomic E-state index is 2.27. The molecule has 0 saturated heterocycles. The molecule has 0 atom stereocenters. The highest BCUT2D eigenvalue weighted by Gasteiger charge is 2.13. The van der Waals surface area contributed by atoms with Gasteiger partial charge < -0.3 is 0 Å². The molecule has 0 saturated carbocycles. The van der Waals surface area contributed by atoms with Crippen LogP contribution in [0.25, 0.3) is 0 Å². The average Bonchev–Trinajstić information content (AvgIpc) is 4.01. The SMILES string of the molecule is CCn1cc[n+](Cc2ccccc2Cn2cc[n+](Cc3ccc(C[n+]4ccn(Cc5ccc(Cn6cc[n+](Cc7ccccc7)c6)cc5)c4)cc3)c2)c1. The van der Waals surface area contributed by atoms with Crippen molar-refractivity contribution in [1.82, 2.24) is 18.3 Å². The monoisotopic (exact) mass is 700 g/mol. The highest BCUT2D eigenvalue weighted by molar-refractivity contribution is 5.27. The van der Waals surface area contributed by atoms with Crippen molar-refractivity contribution in [3.05, 3.63) is 217 Å². The molecule has 0 bridgehead atoms. The number of rotatable bonds is 15. The van der Waals surface area contributed by atoms with Gasteiger partial charge in [-0.3, -0.25) is 0 Å². The van der Waals surface area contributed by atoms with E-state index in [1.807, 2.05) is 0 Å². The Hall–Kier alpha value is -6.28. The van der Waals surface area contributed by atoms with Gasteiger partial charge in [-0.05, 0) is 34.7 Å². The summed E-state index contributed by atoms with van der Waals surface area (Å²) in [6.45, 7) is 9.16. The minimum atomic E-state index is 0.845. The van der Waals surface area contributed by atoms with Crippen LogP contribution in [0, 0.1) is 0 Å². The Bertz CT molecular complexity index is 2360. The van der Waals surface area contributed by atoms with Crippen molar-refractivity contribution < 1.29 is 18.3 Å². The average molecular weight is 701 g/mol. The second kappa shape index (κ2) is 15.9. The first-order chi connectivity index (χ1) is 26.1. The van der Waals surface area contributed by atoms with Gasteiger partial charge >= 0.3 is 0 Å². The second-order valence-corrected chi connectivity index (χ2v) is 14.1. The van der Waals surface area contributed by atoms with Gasteiger partial charge in [0, 0.05) is 11.1 Å².